The van der Waals surface area contributed by atoms with Gasteiger partial charge in [-0.25, -0.2) is 4.79 Å². The molecule has 1 N–H and O–H groups in total. The zero-order chi connectivity index (χ0) is 14.5. The number of halogens is 1. The van der Waals surface area contributed by atoms with Crippen LogP contribution < -0.4 is 4.74 Å². The number of rotatable bonds is 5. The van der Waals surface area contributed by atoms with Gasteiger partial charge in [0.2, 0.25) is 0 Å². The summed E-state index contributed by atoms with van der Waals surface area (Å²) in [6, 6.07) is 15.2. The summed E-state index contributed by atoms with van der Waals surface area (Å²) < 4.78 is 6.71. The summed E-state index contributed by atoms with van der Waals surface area (Å²) in [5, 5.41) is 9.29. The van der Waals surface area contributed by atoms with E-state index in [4.69, 9.17) is 4.74 Å². The lowest BCUT2D eigenvalue weighted by atomic mass is 10.1. The van der Waals surface area contributed by atoms with Crippen molar-refractivity contribution < 1.29 is 14.6 Å². The lowest BCUT2D eigenvalue weighted by Crippen LogP contribution is -2.29. The summed E-state index contributed by atoms with van der Waals surface area (Å²) in [5.74, 6) is -0.368. The van der Waals surface area contributed by atoms with E-state index in [1.54, 1.807) is 6.07 Å². The smallest absolute Gasteiger partial charge is 0.345 e. The maximum Gasteiger partial charge on any atom is 0.345 e. The summed E-state index contributed by atoms with van der Waals surface area (Å²) in [4.78, 5) is 11.3. The van der Waals surface area contributed by atoms with Gasteiger partial charge in [-0.2, -0.15) is 0 Å². The molecule has 0 saturated carbocycles. The highest BCUT2D eigenvalue weighted by Crippen LogP contribution is 2.17. The van der Waals surface area contributed by atoms with Gasteiger partial charge in [0, 0.05) is 9.99 Å². The first-order valence-electron chi connectivity index (χ1n) is 6.25. The van der Waals surface area contributed by atoms with Gasteiger partial charge in [0.05, 0.1) is 0 Å². The molecule has 3 nitrogen and oxygen atoms in total. The molecule has 0 fully saturated rings. The molecule has 0 unspecified atom stereocenters. The van der Waals surface area contributed by atoms with E-state index in [0.717, 1.165) is 14.7 Å². The second kappa shape index (κ2) is 6.74. The van der Waals surface area contributed by atoms with Crippen molar-refractivity contribution >= 4 is 28.6 Å². The first-order valence-corrected chi connectivity index (χ1v) is 7.33. The van der Waals surface area contributed by atoms with Crippen LogP contribution in [0.25, 0.3) is 0 Å². The first kappa shape index (κ1) is 14.8. The van der Waals surface area contributed by atoms with Gasteiger partial charge in [0.1, 0.15) is 5.75 Å². The van der Waals surface area contributed by atoms with Crippen molar-refractivity contribution in [1.82, 2.24) is 0 Å². The molecule has 2 aromatic carbocycles. The van der Waals surface area contributed by atoms with Gasteiger partial charge < -0.3 is 9.84 Å². The molecule has 4 heteroatoms. The highest BCUT2D eigenvalue weighted by Gasteiger charge is 2.20. The number of carbonyl (C=O) groups is 1. The minimum atomic E-state index is -0.954. The zero-order valence-corrected chi connectivity index (χ0v) is 13.2. The monoisotopic (exact) mass is 382 g/mol. The Morgan fingerprint density at radius 3 is 2.55 bits per heavy atom. The minimum Gasteiger partial charge on any atom is -0.478 e. The van der Waals surface area contributed by atoms with Crippen molar-refractivity contribution in [1.29, 1.82) is 0 Å². The second-order valence-corrected chi connectivity index (χ2v) is 5.84. The predicted molar refractivity (Wildman–Crippen MR) is 86.1 cm³/mol. The third-order valence-electron chi connectivity index (χ3n) is 2.88. The fourth-order valence-electron chi connectivity index (χ4n) is 1.87. The van der Waals surface area contributed by atoms with Crippen molar-refractivity contribution in [2.45, 2.75) is 19.4 Å². The van der Waals surface area contributed by atoms with Gasteiger partial charge in [-0.15, -0.1) is 0 Å². The van der Waals surface area contributed by atoms with E-state index in [0.29, 0.717) is 12.2 Å². The van der Waals surface area contributed by atoms with E-state index in [1.165, 1.54) is 0 Å². The van der Waals surface area contributed by atoms with Crippen LogP contribution in [0.1, 0.15) is 11.1 Å². The summed E-state index contributed by atoms with van der Waals surface area (Å²) in [5.41, 5.74) is 1.99. The largest absolute Gasteiger partial charge is 0.478 e. The fourth-order valence-corrected chi connectivity index (χ4v) is 2.23. The van der Waals surface area contributed by atoms with Gasteiger partial charge in [0.25, 0.3) is 0 Å². The van der Waals surface area contributed by atoms with E-state index >= 15 is 0 Å². The standard InChI is InChI=1S/C16H15IO3/c1-11-3-2-4-14(9-11)20-15(16(18)19)10-12-5-7-13(17)8-6-12/h2-9,15H,10H2,1H3,(H,18,19)/t15-/m0/s1. The number of benzene rings is 2. The van der Waals surface area contributed by atoms with Crippen LogP contribution in [-0.2, 0) is 11.2 Å². The van der Waals surface area contributed by atoms with Crippen molar-refractivity contribution in [3.05, 3.63) is 63.2 Å². The molecule has 0 radical (unpaired) electrons. The van der Waals surface area contributed by atoms with Crippen LogP contribution in [0.15, 0.2) is 48.5 Å². The van der Waals surface area contributed by atoms with Crippen LogP contribution in [0.4, 0.5) is 0 Å². The Morgan fingerprint density at radius 2 is 1.95 bits per heavy atom. The van der Waals surface area contributed by atoms with Gasteiger partial charge >= 0.3 is 5.97 Å². The van der Waals surface area contributed by atoms with E-state index < -0.39 is 12.1 Å². The Morgan fingerprint density at radius 1 is 1.25 bits per heavy atom. The predicted octanol–water partition coefficient (Wildman–Crippen LogP) is 3.67. The minimum absolute atomic E-state index is 0.347. The molecule has 1 atom stereocenters. The van der Waals surface area contributed by atoms with Gasteiger partial charge in [-0.3, -0.25) is 0 Å². The third-order valence-corrected chi connectivity index (χ3v) is 3.60. The molecule has 0 spiro atoms. The molecule has 2 aromatic rings. The lowest BCUT2D eigenvalue weighted by molar-refractivity contribution is -0.145. The highest BCUT2D eigenvalue weighted by molar-refractivity contribution is 14.1. The lowest BCUT2D eigenvalue weighted by Gasteiger charge is -2.15. The van der Waals surface area contributed by atoms with Crippen molar-refractivity contribution in [2.24, 2.45) is 0 Å². The second-order valence-electron chi connectivity index (χ2n) is 4.59. The van der Waals surface area contributed by atoms with Gasteiger partial charge in [-0.05, 0) is 64.9 Å². The van der Waals surface area contributed by atoms with Crippen molar-refractivity contribution in [3.63, 3.8) is 0 Å². The Bertz CT molecular complexity index is 593. The summed E-state index contributed by atoms with van der Waals surface area (Å²) in [6.45, 7) is 1.95. The third kappa shape index (κ3) is 4.23. The number of aliphatic carboxylic acids is 1. The SMILES string of the molecule is Cc1cccc(O[C@@H](Cc2ccc(I)cc2)C(=O)O)c1. The van der Waals surface area contributed by atoms with Crippen LogP contribution in [0.2, 0.25) is 0 Å². The summed E-state index contributed by atoms with van der Waals surface area (Å²) in [6.07, 6.45) is -0.530. The van der Waals surface area contributed by atoms with Crippen LogP contribution >= 0.6 is 22.6 Å². The van der Waals surface area contributed by atoms with E-state index in [1.807, 2.05) is 49.4 Å². The number of hydrogen-bond acceptors (Lipinski definition) is 2. The molecule has 0 bridgehead atoms. The molecular formula is C16H15IO3. The molecule has 0 aromatic heterocycles. The molecule has 2 rings (SSSR count). The number of hydrogen-bond donors (Lipinski definition) is 1. The number of carboxylic acids is 1. The van der Waals surface area contributed by atoms with E-state index in [9.17, 15) is 9.90 Å². The molecule has 0 heterocycles. The Balaban J connectivity index is 2.11. The topological polar surface area (TPSA) is 46.5 Å². The van der Waals surface area contributed by atoms with Crippen LogP contribution in [0, 0.1) is 10.5 Å². The molecule has 0 aliphatic rings. The molecule has 0 aliphatic heterocycles. The van der Waals surface area contributed by atoms with Crippen LogP contribution in [0.3, 0.4) is 0 Å². The maximum atomic E-state index is 11.3. The molecule has 104 valence electrons. The van der Waals surface area contributed by atoms with E-state index in [-0.39, 0.29) is 0 Å². The quantitative estimate of drug-likeness (QED) is 0.803. The van der Waals surface area contributed by atoms with Crippen molar-refractivity contribution in [2.75, 3.05) is 0 Å². The average Bonchev–Trinajstić information content (AvgIpc) is 2.40. The average molecular weight is 382 g/mol. The maximum absolute atomic E-state index is 11.3. The molecule has 0 aliphatic carbocycles. The zero-order valence-electron chi connectivity index (χ0n) is 11.0. The number of carboxylic acid groups (broad SMARTS) is 1. The summed E-state index contributed by atoms with van der Waals surface area (Å²) in [7, 11) is 0. The van der Waals surface area contributed by atoms with Crippen LogP contribution in [0.5, 0.6) is 5.75 Å². The number of ether oxygens (including phenoxy) is 1. The molecule has 20 heavy (non-hydrogen) atoms. The Hall–Kier alpha value is -1.56. The normalized spacial score (nSPS) is 11.9. The van der Waals surface area contributed by atoms with Crippen LogP contribution in [-0.4, -0.2) is 17.2 Å². The molecular weight excluding hydrogens is 367 g/mol. The first-order chi connectivity index (χ1) is 9.54. The fraction of sp³-hybridized carbons (Fsp3) is 0.188. The van der Waals surface area contributed by atoms with Gasteiger partial charge in [0.15, 0.2) is 6.10 Å². The summed E-state index contributed by atoms with van der Waals surface area (Å²) >= 11 is 2.22. The van der Waals surface area contributed by atoms with Gasteiger partial charge in [-0.1, -0.05) is 24.3 Å². The highest BCUT2D eigenvalue weighted by atomic mass is 127. The molecule has 0 amide bonds. The number of aryl methyl sites for hydroxylation is 1. The van der Waals surface area contributed by atoms with E-state index in [2.05, 4.69) is 22.6 Å². The van der Waals surface area contributed by atoms with Crippen molar-refractivity contribution in [3.8, 4) is 5.75 Å². The Kier molecular flexibility index (Phi) is 5.00. The molecule has 0 saturated heterocycles. The Labute approximate surface area is 131 Å².